The van der Waals surface area contributed by atoms with E-state index in [0.29, 0.717) is 13.1 Å². The molecule has 1 rings (SSSR count). The Bertz CT molecular complexity index is 525. The van der Waals surface area contributed by atoms with Crippen LogP contribution in [0.4, 0.5) is 0 Å². The van der Waals surface area contributed by atoms with Crippen LogP contribution in [0.1, 0.15) is 68.7 Å². The largest absolute Gasteiger partial charge is 0.387 e. The lowest BCUT2D eigenvalue weighted by molar-refractivity contribution is 0.115. The summed E-state index contributed by atoms with van der Waals surface area (Å²) >= 11 is -2.01. The minimum atomic E-state index is -2.01. The fraction of sp³-hybridized carbons (Fsp3) is 0.684. The lowest BCUT2D eigenvalue weighted by Crippen LogP contribution is -2.29. The van der Waals surface area contributed by atoms with Gasteiger partial charge in [0.05, 0.1) is 6.10 Å². The van der Waals surface area contributed by atoms with Gasteiger partial charge >= 0.3 is 0 Å². The number of unbranched alkanes of at least 4 members (excludes halogenated alkanes) is 4. The molecule has 0 radical (unpaired) electrons. The number of likely N-dealkylation sites (N-methyl/N-ethyl adjacent to an activating group) is 1. The summed E-state index contributed by atoms with van der Waals surface area (Å²) in [6.45, 7) is 9.26. The number of aliphatic hydroxyl groups excluding tert-OH is 1. The van der Waals surface area contributed by atoms with Crippen molar-refractivity contribution in [1.29, 1.82) is 0 Å². The van der Waals surface area contributed by atoms with Crippen LogP contribution in [0.15, 0.2) is 18.2 Å². The monoisotopic (exact) mass is 370 g/mol. The molecule has 1 aromatic rings. The molecule has 0 aliphatic rings. The van der Waals surface area contributed by atoms with Crippen LogP contribution in [-0.4, -0.2) is 38.4 Å². The molecule has 25 heavy (non-hydrogen) atoms. The summed E-state index contributed by atoms with van der Waals surface area (Å²) in [6.07, 6.45) is 5.79. The number of hydrogen-bond acceptors (Lipinski definition) is 3. The molecular weight excluding hydrogens is 336 g/mol. The average Bonchev–Trinajstić information content (AvgIpc) is 2.59. The van der Waals surface area contributed by atoms with E-state index in [4.69, 9.17) is 4.55 Å². The highest BCUT2D eigenvalue weighted by Gasteiger charge is 2.13. The van der Waals surface area contributed by atoms with Crippen LogP contribution in [0.25, 0.3) is 0 Å². The maximum absolute atomic E-state index is 10.7. The van der Waals surface area contributed by atoms with E-state index in [1.807, 2.05) is 25.1 Å². The zero-order valence-corrected chi connectivity index (χ0v) is 16.6. The van der Waals surface area contributed by atoms with E-state index in [9.17, 15) is 9.32 Å². The highest BCUT2D eigenvalue weighted by atomic mass is 32.2. The Morgan fingerprint density at radius 1 is 1.20 bits per heavy atom. The number of hydrogen-bond donors (Lipinski definition) is 3. The third-order valence-corrected chi connectivity index (χ3v) is 4.99. The van der Waals surface area contributed by atoms with Crippen molar-refractivity contribution in [2.24, 2.45) is 0 Å². The molecule has 0 amide bonds. The van der Waals surface area contributed by atoms with E-state index in [1.165, 1.54) is 32.1 Å². The van der Waals surface area contributed by atoms with Crippen molar-refractivity contribution in [3.05, 3.63) is 34.9 Å². The highest BCUT2D eigenvalue weighted by Crippen LogP contribution is 2.19. The first-order valence-corrected chi connectivity index (χ1v) is 10.4. The molecule has 3 N–H and O–H groups in total. The van der Waals surface area contributed by atoms with Gasteiger partial charge in [-0.3, -0.25) is 4.55 Å². The molecular formula is C19H34N2O3S. The first-order valence-electron chi connectivity index (χ1n) is 9.32. The van der Waals surface area contributed by atoms with Gasteiger partial charge in [-0.05, 0) is 43.1 Å². The summed E-state index contributed by atoms with van der Waals surface area (Å²) in [5.74, 6) is 0. The lowest BCUT2D eigenvalue weighted by Gasteiger charge is -2.24. The van der Waals surface area contributed by atoms with E-state index in [0.717, 1.165) is 29.8 Å². The van der Waals surface area contributed by atoms with Crippen molar-refractivity contribution < 1.29 is 13.9 Å². The SMILES string of the molecule is CCCCCCCN(CC)CC(O)c1ccc(CNS(=O)O)c(C)c1. The molecule has 144 valence electrons. The molecule has 0 saturated heterocycles. The van der Waals surface area contributed by atoms with Crippen LogP contribution in [-0.2, 0) is 17.8 Å². The van der Waals surface area contributed by atoms with Gasteiger partial charge in [0.15, 0.2) is 0 Å². The van der Waals surface area contributed by atoms with Gasteiger partial charge in [0.1, 0.15) is 0 Å². The second-order valence-corrected chi connectivity index (χ2v) is 7.37. The number of benzene rings is 1. The fourth-order valence-electron chi connectivity index (χ4n) is 2.93. The first-order chi connectivity index (χ1) is 12.0. The van der Waals surface area contributed by atoms with Crippen LogP contribution in [0.2, 0.25) is 0 Å². The van der Waals surface area contributed by atoms with Crippen LogP contribution in [0, 0.1) is 6.92 Å². The summed E-state index contributed by atoms with van der Waals surface area (Å²) in [5.41, 5.74) is 2.87. The molecule has 2 atom stereocenters. The maximum atomic E-state index is 10.7. The van der Waals surface area contributed by atoms with Gasteiger partial charge in [-0.25, -0.2) is 8.93 Å². The molecule has 5 nitrogen and oxygen atoms in total. The van der Waals surface area contributed by atoms with Crippen molar-refractivity contribution in [2.45, 2.75) is 65.5 Å². The summed E-state index contributed by atoms with van der Waals surface area (Å²) < 4.78 is 22.0. The zero-order chi connectivity index (χ0) is 18.7. The minimum Gasteiger partial charge on any atom is -0.387 e. The smallest absolute Gasteiger partial charge is 0.232 e. The van der Waals surface area contributed by atoms with E-state index < -0.39 is 17.4 Å². The Hall–Kier alpha value is -0.790. The Morgan fingerprint density at radius 2 is 1.92 bits per heavy atom. The molecule has 2 unspecified atom stereocenters. The second-order valence-electron chi connectivity index (χ2n) is 6.58. The topological polar surface area (TPSA) is 72.8 Å². The Labute approximate surface area is 155 Å². The Kier molecular flexibility index (Phi) is 11.2. The molecule has 0 aliphatic heterocycles. The van der Waals surface area contributed by atoms with Gasteiger partial charge in [0.25, 0.3) is 0 Å². The van der Waals surface area contributed by atoms with Crippen molar-refractivity contribution in [1.82, 2.24) is 9.62 Å². The Morgan fingerprint density at radius 3 is 2.52 bits per heavy atom. The third kappa shape index (κ3) is 8.92. The van der Waals surface area contributed by atoms with Gasteiger partial charge in [0.2, 0.25) is 11.3 Å². The molecule has 1 aromatic carbocycles. The zero-order valence-electron chi connectivity index (χ0n) is 15.8. The van der Waals surface area contributed by atoms with Gasteiger partial charge in [-0.2, -0.15) is 0 Å². The molecule has 0 heterocycles. The first kappa shape index (κ1) is 22.3. The predicted molar refractivity (Wildman–Crippen MR) is 105 cm³/mol. The van der Waals surface area contributed by atoms with E-state index >= 15 is 0 Å². The highest BCUT2D eigenvalue weighted by molar-refractivity contribution is 7.77. The number of rotatable bonds is 13. The van der Waals surface area contributed by atoms with Crippen LogP contribution >= 0.6 is 0 Å². The van der Waals surface area contributed by atoms with Gasteiger partial charge < -0.3 is 10.0 Å². The van der Waals surface area contributed by atoms with Gasteiger partial charge in [-0.15, -0.1) is 0 Å². The summed E-state index contributed by atoms with van der Waals surface area (Å²) in [6, 6.07) is 5.79. The number of nitrogens with zero attached hydrogens (tertiary/aromatic N) is 1. The molecule has 0 fully saturated rings. The summed E-state index contributed by atoms with van der Waals surface area (Å²) in [4.78, 5) is 2.30. The number of nitrogens with one attached hydrogen (secondary N) is 1. The molecule has 0 aromatic heterocycles. The van der Waals surface area contributed by atoms with Gasteiger partial charge in [0, 0.05) is 13.1 Å². The molecule has 0 aliphatic carbocycles. The quantitative estimate of drug-likeness (QED) is 0.367. The van der Waals surface area contributed by atoms with Crippen LogP contribution in [0.5, 0.6) is 0 Å². The summed E-state index contributed by atoms with van der Waals surface area (Å²) in [7, 11) is 0. The number of aliphatic hydroxyl groups is 1. The normalized spacial score (nSPS) is 14.0. The lowest BCUT2D eigenvalue weighted by atomic mass is 10.0. The molecule has 0 bridgehead atoms. The van der Waals surface area contributed by atoms with Crippen molar-refractivity contribution in [2.75, 3.05) is 19.6 Å². The minimum absolute atomic E-state index is 0.337. The number of aryl methyl sites for hydroxylation is 1. The van der Waals surface area contributed by atoms with Crippen LogP contribution < -0.4 is 4.72 Å². The van der Waals surface area contributed by atoms with Crippen molar-refractivity contribution in [3.63, 3.8) is 0 Å². The summed E-state index contributed by atoms with van der Waals surface area (Å²) in [5, 5.41) is 10.6. The standard InChI is InChI=1S/C19H34N2O3S/c1-4-6-7-8-9-12-21(5-2)15-19(22)17-10-11-18(16(3)13-17)14-20-25(23)24/h10-11,13,19-20,22H,4-9,12,14-15H2,1-3H3,(H,23,24). The van der Waals surface area contributed by atoms with E-state index in [2.05, 4.69) is 23.5 Å². The molecule has 6 heteroatoms. The molecule has 0 saturated carbocycles. The molecule has 0 spiro atoms. The fourth-order valence-corrected chi connectivity index (χ4v) is 3.21. The third-order valence-electron chi connectivity index (χ3n) is 4.59. The Balaban J connectivity index is 2.52. The van der Waals surface area contributed by atoms with E-state index in [-0.39, 0.29) is 0 Å². The van der Waals surface area contributed by atoms with E-state index in [1.54, 1.807) is 0 Å². The van der Waals surface area contributed by atoms with Crippen molar-refractivity contribution >= 4 is 11.3 Å². The second kappa shape index (κ2) is 12.5. The van der Waals surface area contributed by atoms with Gasteiger partial charge in [-0.1, -0.05) is 57.7 Å². The predicted octanol–water partition coefficient (Wildman–Crippen LogP) is 3.55. The average molecular weight is 371 g/mol. The maximum Gasteiger partial charge on any atom is 0.232 e. The van der Waals surface area contributed by atoms with Crippen LogP contribution in [0.3, 0.4) is 0 Å². The van der Waals surface area contributed by atoms with Crippen molar-refractivity contribution in [3.8, 4) is 0 Å².